The second kappa shape index (κ2) is 6.88. The summed E-state index contributed by atoms with van der Waals surface area (Å²) in [5, 5.41) is 18.6. The third-order valence-electron chi connectivity index (χ3n) is 3.38. The fraction of sp³-hybridized carbons (Fsp3) is 0.538. The van der Waals surface area contributed by atoms with E-state index in [0.717, 1.165) is 18.5 Å². The molecule has 0 radical (unpaired) electrons. The fourth-order valence-electron chi connectivity index (χ4n) is 2.01. The summed E-state index contributed by atoms with van der Waals surface area (Å²) >= 11 is 0. The summed E-state index contributed by atoms with van der Waals surface area (Å²) in [6.07, 6.45) is 1.02. The summed E-state index contributed by atoms with van der Waals surface area (Å²) in [5.74, 6) is -0.451. The molecule has 2 N–H and O–H groups in total. The van der Waals surface area contributed by atoms with Crippen LogP contribution < -0.4 is 5.46 Å². The van der Waals surface area contributed by atoms with Gasteiger partial charge in [-0.3, -0.25) is 4.90 Å². The Balaban J connectivity index is 2.95. The summed E-state index contributed by atoms with van der Waals surface area (Å²) in [6.45, 7) is 7.76. The molecular weight excluding hydrogens is 232 g/mol. The van der Waals surface area contributed by atoms with Gasteiger partial charge in [0.2, 0.25) is 0 Å². The van der Waals surface area contributed by atoms with E-state index in [2.05, 4.69) is 25.7 Å². The van der Waals surface area contributed by atoms with Gasteiger partial charge in [-0.15, -0.1) is 0 Å². The molecule has 0 saturated carbocycles. The first-order chi connectivity index (χ1) is 8.49. The number of nitrogens with zero attached hydrogens (tertiary/aromatic N) is 1. The molecule has 0 aliphatic heterocycles. The molecule has 0 aliphatic rings. The molecule has 1 atom stereocenters. The molecule has 3 nitrogen and oxygen atoms in total. The van der Waals surface area contributed by atoms with Crippen LogP contribution >= 0.6 is 0 Å². The first-order valence-electron chi connectivity index (χ1n) is 6.38. The molecule has 0 bridgehead atoms. The zero-order chi connectivity index (χ0) is 13.7. The summed E-state index contributed by atoms with van der Waals surface area (Å²) < 4.78 is 13.1. The lowest BCUT2D eigenvalue weighted by molar-refractivity contribution is 0.206. The van der Waals surface area contributed by atoms with Crippen molar-refractivity contribution in [3.8, 4) is 0 Å². The maximum Gasteiger partial charge on any atom is 0.488 e. The summed E-state index contributed by atoms with van der Waals surface area (Å²) in [6, 6.07) is 4.56. The molecule has 100 valence electrons. The minimum absolute atomic E-state index is 0.247. The van der Waals surface area contributed by atoms with Gasteiger partial charge in [0.25, 0.3) is 0 Å². The van der Waals surface area contributed by atoms with Crippen LogP contribution in [0.4, 0.5) is 4.39 Å². The molecule has 1 aromatic carbocycles. The Labute approximate surface area is 108 Å². The average molecular weight is 253 g/mol. The van der Waals surface area contributed by atoms with Crippen molar-refractivity contribution in [2.45, 2.75) is 39.8 Å². The number of rotatable bonds is 6. The van der Waals surface area contributed by atoms with Crippen LogP contribution in [0.25, 0.3) is 0 Å². The Morgan fingerprint density at radius 3 is 2.50 bits per heavy atom. The van der Waals surface area contributed by atoms with Gasteiger partial charge in [0.1, 0.15) is 5.82 Å². The maximum absolute atomic E-state index is 13.1. The lowest BCUT2D eigenvalue weighted by atomic mass is 9.76. The van der Waals surface area contributed by atoms with Crippen LogP contribution in [-0.2, 0) is 6.54 Å². The molecule has 0 amide bonds. The highest BCUT2D eigenvalue weighted by atomic mass is 19.1. The lowest BCUT2D eigenvalue weighted by Crippen LogP contribution is -2.38. The van der Waals surface area contributed by atoms with E-state index in [9.17, 15) is 14.4 Å². The van der Waals surface area contributed by atoms with Gasteiger partial charge >= 0.3 is 7.12 Å². The van der Waals surface area contributed by atoms with Gasteiger partial charge in [-0.1, -0.05) is 19.9 Å². The van der Waals surface area contributed by atoms with E-state index in [1.54, 1.807) is 6.07 Å². The maximum atomic E-state index is 13.1. The largest absolute Gasteiger partial charge is 0.488 e. The van der Waals surface area contributed by atoms with Crippen molar-refractivity contribution in [1.29, 1.82) is 0 Å². The summed E-state index contributed by atoms with van der Waals surface area (Å²) in [5.41, 5.74) is 1.00. The highest BCUT2D eigenvalue weighted by Crippen LogP contribution is 2.10. The number of hydrogen-bond donors (Lipinski definition) is 2. The van der Waals surface area contributed by atoms with Crippen molar-refractivity contribution >= 4 is 12.6 Å². The monoisotopic (exact) mass is 253 g/mol. The van der Waals surface area contributed by atoms with Gasteiger partial charge in [0, 0.05) is 12.6 Å². The molecule has 1 rings (SSSR count). The quantitative estimate of drug-likeness (QED) is 0.747. The van der Waals surface area contributed by atoms with Gasteiger partial charge in [-0.2, -0.15) is 0 Å². The van der Waals surface area contributed by atoms with Gasteiger partial charge in [-0.05, 0) is 43.0 Å². The van der Waals surface area contributed by atoms with E-state index in [0.29, 0.717) is 12.6 Å². The van der Waals surface area contributed by atoms with Gasteiger partial charge in [0.15, 0.2) is 0 Å². The summed E-state index contributed by atoms with van der Waals surface area (Å²) in [4.78, 5) is 2.22. The van der Waals surface area contributed by atoms with Crippen molar-refractivity contribution in [2.24, 2.45) is 0 Å². The SMILES string of the molecule is CCC(C)N(CC)Cc1ccc(F)cc1B(O)O. The fourth-order valence-corrected chi connectivity index (χ4v) is 2.01. The number of benzene rings is 1. The van der Waals surface area contributed by atoms with E-state index in [4.69, 9.17) is 0 Å². The molecule has 0 aromatic heterocycles. The third-order valence-corrected chi connectivity index (χ3v) is 3.38. The summed E-state index contributed by atoms with van der Waals surface area (Å²) in [7, 11) is -1.63. The number of halogens is 1. The first-order valence-corrected chi connectivity index (χ1v) is 6.38. The predicted molar refractivity (Wildman–Crippen MR) is 72.1 cm³/mol. The molecule has 0 saturated heterocycles. The van der Waals surface area contributed by atoms with E-state index in [1.165, 1.54) is 12.1 Å². The second-order valence-electron chi connectivity index (χ2n) is 4.54. The Hall–Kier alpha value is -0.905. The molecule has 1 aromatic rings. The van der Waals surface area contributed by atoms with Crippen molar-refractivity contribution in [1.82, 2.24) is 4.90 Å². The molecule has 0 heterocycles. The van der Waals surface area contributed by atoms with Crippen molar-refractivity contribution in [3.05, 3.63) is 29.6 Å². The molecule has 0 aliphatic carbocycles. The zero-order valence-corrected chi connectivity index (χ0v) is 11.2. The minimum atomic E-state index is -1.63. The lowest BCUT2D eigenvalue weighted by Gasteiger charge is -2.27. The van der Waals surface area contributed by atoms with E-state index >= 15 is 0 Å². The highest BCUT2D eigenvalue weighted by Gasteiger charge is 2.19. The van der Waals surface area contributed by atoms with Gasteiger partial charge < -0.3 is 10.0 Å². The smallest absolute Gasteiger partial charge is 0.423 e. The Morgan fingerprint density at radius 1 is 1.33 bits per heavy atom. The van der Waals surface area contributed by atoms with Crippen molar-refractivity contribution in [2.75, 3.05) is 6.54 Å². The standard InChI is InChI=1S/C13H21BFNO2/c1-4-10(3)16(5-2)9-11-6-7-12(15)8-13(11)14(17)18/h6-8,10,17-18H,4-5,9H2,1-3H3. The molecule has 0 spiro atoms. The first kappa shape index (κ1) is 15.2. The van der Waals surface area contributed by atoms with Gasteiger partial charge in [-0.25, -0.2) is 4.39 Å². The normalized spacial score (nSPS) is 12.8. The van der Waals surface area contributed by atoms with E-state index < -0.39 is 12.9 Å². The van der Waals surface area contributed by atoms with Crippen LogP contribution in [0.5, 0.6) is 0 Å². The van der Waals surface area contributed by atoms with Crippen LogP contribution in [0.2, 0.25) is 0 Å². The molecule has 5 heteroatoms. The van der Waals surface area contributed by atoms with Crippen molar-refractivity contribution < 1.29 is 14.4 Å². The Kier molecular flexibility index (Phi) is 5.79. The highest BCUT2D eigenvalue weighted by molar-refractivity contribution is 6.59. The van der Waals surface area contributed by atoms with Crippen molar-refractivity contribution in [3.63, 3.8) is 0 Å². The van der Waals surface area contributed by atoms with Crippen LogP contribution in [0.1, 0.15) is 32.8 Å². The van der Waals surface area contributed by atoms with Gasteiger partial charge in [0.05, 0.1) is 0 Å². The van der Waals surface area contributed by atoms with E-state index in [1.807, 2.05) is 0 Å². The topological polar surface area (TPSA) is 43.7 Å². The average Bonchev–Trinajstić information content (AvgIpc) is 2.36. The third kappa shape index (κ3) is 3.80. The minimum Gasteiger partial charge on any atom is -0.423 e. The molecule has 1 unspecified atom stereocenters. The molecule has 0 fully saturated rings. The van der Waals surface area contributed by atoms with Crippen LogP contribution in [0, 0.1) is 5.82 Å². The second-order valence-corrected chi connectivity index (χ2v) is 4.54. The Bertz CT molecular complexity index is 387. The van der Waals surface area contributed by atoms with Crippen LogP contribution in [0.3, 0.4) is 0 Å². The molecule has 18 heavy (non-hydrogen) atoms. The van der Waals surface area contributed by atoms with E-state index in [-0.39, 0.29) is 5.46 Å². The zero-order valence-electron chi connectivity index (χ0n) is 11.2. The Morgan fingerprint density at radius 2 is 2.00 bits per heavy atom. The molecular formula is C13H21BFNO2. The van der Waals surface area contributed by atoms with Crippen LogP contribution in [-0.4, -0.2) is 34.7 Å². The predicted octanol–water partition coefficient (Wildman–Crippen LogP) is 1.13. The van der Waals surface area contributed by atoms with Crippen LogP contribution in [0.15, 0.2) is 18.2 Å². The number of hydrogen-bond acceptors (Lipinski definition) is 3.